The highest BCUT2D eigenvalue weighted by Crippen LogP contribution is 2.41. The summed E-state index contributed by atoms with van der Waals surface area (Å²) in [7, 11) is 1.72. The zero-order valence-corrected chi connectivity index (χ0v) is 17.8. The second-order valence-electron chi connectivity index (χ2n) is 7.31. The molecule has 0 spiro atoms. The number of rotatable bonds is 6. The van der Waals surface area contributed by atoms with Gasteiger partial charge in [0.05, 0.1) is 24.4 Å². The third-order valence-electron chi connectivity index (χ3n) is 5.54. The number of hydrogen-bond donors (Lipinski definition) is 1. The summed E-state index contributed by atoms with van der Waals surface area (Å²) in [6.45, 7) is 5.68. The molecular weight excluding hydrogens is 380 g/mol. The van der Waals surface area contributed by atoms with Crippen LogP contribution in [0.5, 0.6) is 0 Å². The van der Waals surface area contributed by atoms with Crippen LogP contribution in [0.2, 0.25) is 0 Å². The van der Waals surface area contributed by atoms with Gasteiger partial charge in [0.2, 0.25) is 0 Å². The van der Waals surface area contributed by atoms with Crippen LogP contribution < -0.4 is 5.32 Å². The second kappa shape index (κ2) is 8.35. The van der Waals surface area contributed by atoms with Gasteiger partial charge < -0.3 is 19.5 Å². The molecule has 3 heterocycles. The van der Waals surface area contributed by atoms with E-state index in [0.717, 1.165) is 17.4 Å². The van der Waals surface area contributed by atoms with Gasteiger partial charge in [-0.2, -0.15) is 0 Å². The quantitative estimate of drug-likeness (QED) is 0.624. The van der Waals surface area contributed by atoms with Crippen LogP contribution in [-0.4, -0.2) is 39.8 Å². The summed E-state index contributed by atoms with van der Waals surface area (Å²) in [5, 5.41) is 4.25. The van der Waals surface area contributed by atoms with Crippen molar-refractivity contribution in [3.8, 4) is 5.69 Å². The first-order valence-corrected chi connectivity index (χ1v) is 10.2. The van der Waals surface area contributed by atoms with Crippen LogP contribution >= 0.6 is 12.2 Å². The third kappa shape index (κ3) is 3.66. The van der Waals surface area contributed by atoms with Crippen molar-refractivity contribution in [1.29, 1.82) is 0 Å². The predicted octanol–water partition coefficient (Wildman–Crippen LogP) is 4.11. The molecule has 0 unspecified atom stereocenters. The number of nitrogens with one attached hydrogen (secondary N) is 1. The second-order valence-corrected chi connectivity index (χ2v) is 7.70. The van der Waals surface area contributed by atoms with Crippen LogP contribution in [0.1, 0.15) is 34.7 Å². The van der Waals surface area contributed by atoms with E-state index in [-0.39, 0.29) is 12.1 Å². The summed E-state index contributed by atoms with van der Waals surface area (Å²) >= 11 is 5.71. The van der Waals surface area contributed by atoms with Crippen LogP contribution in [0, 0.1) is 13.8 Å². The lowest BCUT2D eigenvalue weighted by atomic mass is 9.97. The molecule has 2 atom stereocenters. The average molecular weight is 407 g/mol. The van der Waals surface area contributed by atoms with Crippen LogP contribution in [0.25, 0.3) is 5.69 Å². The number of aromatic nitrogens is 2. The average Bonchev–Trinajstić information content (AvgIpc) is 3.23. The Labute approximate surface area is 177 Å². The van der Waals surface area contributed by atoms with Gasteiger partial charge in [0.25, 0.3) is 0 Å². The Morgan fingerprint density at radius 2 is 1.86 bits per heavy atom. The first-order valence-electron chi connectivity index (χ1n) is 9.83. The van der Waals surface area contributed by atoms with E-state index in [9.17, 15) is 0 Å². The van der Waals surface area contributed by atoms with Crippen molar-refractivity contribution in [3.05, 3.63) is 83.4 Å². The van der Waals surface area contributed by atoms with Gasteiger partial charge in [-0.1, -0.05) is 24.3 Å². The molecule has 0 aliphatic carbocycles. The maximum Gasteiger partial charge on any atom is 0.170 e. The Balaban J connectivity index is 1.81. The number of aryl methyl sites for hydroxylation is 1. The van der Waals surface area contributed by atoms with Gasteiger partial charge in [0.1, 0.15) is 0 Å². The molecule has 1 N–H and O–H groups in total. The van der Waals surface area contributed by atoms with Crippen molar-refractivity contribution in [3.63, 3.8) is 0 Å². The van der Waals surface area contributed by atoms with Crippen LogP contribution in [-0.2, 0) is 4.74 Å². The number of para-hydroxylation sites is 1. The lowest BCUT2D eigenvalue weighted by Gasteiger charge is -2.28. The number of benzene rings is 1. The summed E-state index contributed by atoms with van der Waals surface area (Å²) in [6.07, 6.45) is 1.84. The molecule has 0 bridgehead atoms. The molecule has 29 heavy (non-hydrogen) atoms. The molecule has 1 fully saturated rings. The molecule has 1 saturated heterocycles. The predicted molar refractivity (Wildman–Crippen MR) is 119 cm³/mol. The van der Waals surface area contributed by atoms with Crippen molar-refractivity contribution < 1.29 is 4.74 Å². The van der Waals surface area contributed by atoms with E-state index in [1.807, 2.05) is 24.4 Å². The Bertz CT molecular complexity index is 987. The summed E-state index contributed by atoms with van der Waals surface area (Å²) in [5.74, 6) is 0. The minimum absolute atomic E-state index is 0.00900. The SMILES string of the molecule is COCCN1C(=S)N[C@H](c2ccccn2)[C@@H]1c1cc(C)n(-c2ccccc2)c1C. The lowest BCUT2D eigenvalue weighted by Crippen LogP contribution is -2.32. The fourth-order valence-electron chi connectivity index (χ4n) is 4.24. The first kappa shape index (κ1) is 19.6. The highest BCUT2D eigenvalue weighted by molar-refractivity contribution is 7.80. The summed E-state index contributed by atoms with van der Waals surface area (Å²) in [4.78, 5) is 6.85. The number of hydrogen-bond acceptors (Lipinski definition) is 3. The molecule has 1 aliphatic rings. The van der Waals surface area contributed by atoms with E-state index < -0.39 is 0 Å². The molecule has 4 rings (SSSR count). The topological polar surface area (TPSA) is 42.3 Å². The number of ether oxygens (including phenoxy) is 1. The molecule has 5 nitrogen and oxygen atoms in total. The zero-order valence-electron chi connectivity index (χ0n) is 17.0. The standard InChI is InChI=1S/C23H26N4OS/c1-16-15-19(17(2)27(16)18-9-5-4-6-10-18)22-21(20-11-7-8-12-24-20)25-23(29)26(22)13-14-28-3/h4-12,15,21-22H,13-14H2,1-3H3,(H,25,29)/t21-,22+/m1/s1. The molecule has 6 heteroatoms. The number of thiocarbonyl (C=S) groups is 1. The Morgan fingerprint density at radius 3 is 2.55 bits per heavy atom. The molecule has 0 radical (unpaired) electrons. The molecule has 1 aromatic carbocycles. The normalized spacial score (nSPS) is 18.9. The van der Waals surface area contributed by atoms with E-state index in [1.54, 1.807) is 7.11 Å². The van der Waals surface area contributed by atoms with E-state index in [1.165, 1.54) is 22.6 Å². The minimum Gasteiger partial charge on any atom is -0.383 e. The fourth-order valence-corrected chi connectivity index (χ4v) is 4.57. The Kier molecular flexibility index (Phi) is 5.65. The number of pyridine rings is 1. The van der Waals surface area contributed by atoms with Crippen molar-refractivity contribution >= 4 is 17.3 Å². The summed E-state index contributed by atoms with van der Waals surface area (Å²) < 4.78 is 7.66. The van der Waals surface area contributed by atoms with Crippen molar-refractivity contribution in [2.24, 2.45) is 0 Å². The van der Waals surface area contributed by atoms with E-state index >= 15 is 0 Å². The largest absolute Gasteiger partial charge is 0.383 e. The smallest absolute Gasteiger partial charge is 0.170 e. The lowest BCUT2D eigenvalue weighted by molar-refractivity contribution is 0.164. The summed E-state index contributed by atoms with van der Waals surface area (Å²) in [5.41, 5.74) is 5.83. The summed E-state index contributed by atoms with van der Waals surface area (Å²) in [6, 6.07) is 18.8. The third-order valence-corrected chi connectivity index (χ3v) is 5.89. The van der Waals surface area contributed by atoms with Crippen molar-refractivity contribution in [2.45, 2.75) is 25.9 Å². The Hall–Kier alpha value is -2.70. The zero-order chi connectivity index (χ0) is 20.4. The van der Waals surface area contributed by atoms with Crippen molar-refractivity contribution in [1.82, 2.24) is 19.8 Å². The molecule has 3 aromatic rings. The molecule has 150 valence electrons. The van der Waals surface area contributed by atoms with E-state index in [4.69, 9.17) is 17.0 Å². The maximum atomic E-state index is 5.71. The van der Waals surface area contributed by atoms with Gasteiger partial charge in [0.15, 0.2) is 5.11 Å². The number of nitrogens with zero attached hydrogens (tertiary/aromatic N) is 3. The molecule has 0 saturated carbocycles. The Morgan fingerprint density at radius 1 is 1.10 bits per heavy atom. The van der Waals surface area contributed by atoms with Gasteiger partial charge >= 0.3 is 0 Å². The van der Waals surface area contributed by atoms with Crippen molar-refractivity contribution in [2.75, 3.05) is 20.3 Å². The highest BCUT2D eigenvalue weighted by Gasteiger charge is 2.41. The fraction of sp³-hybridized carbons (Fsp3) is 0.304. The molecule has 2 aromatic heterocycles. The van der Waals surface area contributed by atoms with Crippen LogP contribution in [0.3, 0.4) is 0 Å². The first-order chi connectivity index (χ1) is 14.1. The minimum atomic E-state index is -0.00900. The van der Waals surface area contributed by atoms with Crippen LogP contribution in [0.15, 0.2) is 60.8 Å². The molecule has 1 aliphatic heterocycles. The van der Waals surface area contributed by atoms with E-state index in [2.05, 4.69) is 70.0 Å². The van der Waals surface area contributed by atoms with Gasteiger partial charge in [0, 0.05) is 36.9 Å². The molecular formula is C23H26N4OS. The monoisotopic (exact) mass is 406 g/mol. The molecule has 0 amide bonds. The van der Waals surface area contributed by atoms with E-state index in [0.29, 0.717) is 6.61 Å². The number of methoxy groups -OCH3 is 1. The maximum absolute atomic E-state index is 5.71. The van der Waals surface area contributed by atoms with Gasteiger partial charge in [-0.05, 0) is 62.0 Å². The van der Waals surface area contributed by atoms with Gasteiger partial charge in [-0.25, -0.2) is 0 Å². The highest BCUT2D eigenvalue weighted by atomic mass is 32.1. The van der Waals surface area contributed by atoms with Crippen LogP contribution in [0.4, 0.5) is 0 Å². The van der Waals surface area contributed by atoms with Gasteiger partial charge in [-0.3, -0.25) is 4.98 Å². The van der Waals surface area contributed by atoms with Gasteiger partial charge in [-0.15, -0.1) is 0 Å².